The molecule has 16 heavy (non-hydrogen) atoms. The van der Waals surface area contributed by atoms with Gasteiger partial charge in [-0.05, 0) is 13.3 Å². The van der Waals surface area contributed by atoms with Crippen LogP contribution in [0.5, 0.6) is 0 Å². The predicted octanol–water partition coefficient (Wildman–Crippen LogP) is -0.0819. The van der Waals surface area contributed by atoms with Crippen LogP contribution in [0.3, 0.4) is 0 Å². The van der Waals surface area contributed by atoms with Crippen LogP contribution in [0.4, 0.5) is 0 Å². The Labute approximate surface area is 94.3 Å². The van der Waals surface area contributed by atoms with Crippen LogP contribution in [-0.4, -0.2) is 30.6 Å². The molecule has 0 aromatic heterocycles. The van der Waals surface area contributed by atoms with Gasteiger partial charge in [-0.1, -0.05) is 6.92 Å². The highest BCUT2D eigenvalue weighted by atomic mass is 16.2. The van der Waals surface area contributed by atoms with Gasteiger partial charge in [-0.25, -0.2) is 0 Å². The van der Waals surface area contributed by atoms with Crippen LogP contribution in [0.25, 0.3) is 0 Å². The maximum absolute atomic E-state index is 11.6. The van der Waals surface area contributed by atoms with Crippen molar-refractivity contribution in [2.24, 2.45) is 0 Å². The molecule has 0 heterocycles. The van der Waals surface area contributed by atoms with E-state index in [0.29, 0.717) is 13.1 Å². The number of Topliss-reactive ketones (excluding diaryl/α,β-unsaturated/α-hetero) is 2. The van der Waals surface area contributed by atoms with Gasteiger partial charge in [0.25, 0.3) is 0 Å². The largest absolute Gasteiger partial charge is 0.381 e. The van der Waals surface area contributed by atoms with Crippen molar-refractivity contribution in [3.63, 3.8) is 0 Å². The zero-order valence-corrected chi connectivity index (χ0v) is 9.55. The van der Waals surface area contributed by atoms with Crippen molar-refractivity contribution < 1.29 is 14.4 Å². The smallest absolute Gasteiger partial charge is 0.249 e. The number of carbonyl (C=O) groups is 3. The summed E-state index contributed by atoms with van der Waals surface area (Å²) in [5.74, 6) is -1.42. The molecule has 1 aliphatic carbocycles. The van der Waals surface area contributed by atoms with E-state index in [4.69, 9.17) is 0 Å². The van der Waals surface area contributed by atoms with Gasteiger partial charge in [0, 0.05) is 19.5 Å². The Morgan fingerprint density at radius 3 is 2.56 bits per heavy atom. The number of hydrogen-bond acceptors (Lipinski definition) is 4. The maximum Gasteiger partial charge on any atom is 0.249 e. The second kappa shape index (κ2) is 5.44. The highest BCUT2D eigenvalue weighted by molar-refractivity contribution is 6.48. The summed E-state index contributed by atoms with van der Waals surface area (Å²) in [6, 6.07) is 0. The number of ketones is 2. The molecule has 5 nitrogen and oxygen atoms in total. The quantitative estimate of drug-likeness (QED) is 0.640. The fourth-order valence-electron chi connectivity index (χ4n) is 1.50. The first-order chi connectivity index (χ1) is 7.61. The van der Waals surface area contributed by atoms with E-state index in [-0.39, 0.29) is 23.6 Å². The number of rotatable bonds is 5. The molecular formula is C11H16N2O3. The third-order valence-electron chi connectivity index (χ3n) is 2.28. The number of carbonyl (C=O) groups excluding carboxylic acids is 3. The summed E-state index contributed by atoms with van der Waals surface area (Å²) in [6.45, 7) is 4.79. The third-order valence-corrected chi connectivity index (χ3v) is 2.28. The Hall–Kier alpha value is -1.65. The van der Waals surface area contributed by atoms with E-state index in [1.165, 1.54) is 0 Å². The van der Waals surface area contributed by atoms with Crippen molar-refractivity contribution in [1.29, 1.82) is 0 Å². The lowest BCUT2D eigenvalue weighted by molar-refractivity contribution is -0.133. The summed E-state index contributed by atoms with van der Waals surface area (Å²) in [4.78, 5) is 34.3. The molecule has 0 fully saturated rings. The fourth-order valence-corrected chi connectivity index (χ4v) is 1.50. The van der Waals surface area contributed by atoms with Gasteiger partial charge < -0.3 is 10.6 Å². The predicted molar refractivity (Wildman–Crippen MR) is 58.6 cm³/mol. The number of amides is 1. The highest BCUT2D eigenvalue weighted by Gasteiger charge is 2.34. The SMILES string of the molecule is CCCNC1=C(C(=O)NCC)CC(=O)C1=O. The van der Waals surface area contributed by atoms with Crippen LogP contribution in [0.2, 0.25) is 0 Å². The van der Waals surface area contributed by atoms with Crippen molar-refractivity contribution in [3.8, 4) is 0 Å². The van der Waals surface area contributed by atoms with Crippen molar-refractivity contribution >= 4 is 17.5 Å². The maximum atomic E-state index is 11.6. The molecule has 0 spiro atoms. The second-order valence-corrected chi connectivity index (χ2v) is 3.57. The zero-order valence-electron chi connectivity index (χ0n) is 9.55. The Morgan fingerprint density at radius 2 is 2.00 bits per heavy atom. The molecule has 0 aromatic rings. The molecule has 0 bridgehead atoms. The van der Waals surface area contributed by atoms with Crippen molar-refractivity contribution in [1.82, 2.24) is 10.6 Å². The van der Waals surface area contributed by atoms with E-state index in [2.05, 4.69) is 10.6 Å². The standard InChI is InChI=1S/C11H16N2O3/c1-3-5-13-9-7(11(16)12-4-2)6-8(14)10(9)15/h13H,3-6H2,1-2H3,(H,12,16). The Bertz CT molecular complexity index is 358. The van der Waals surface area contributed by atoms with E-state index in [1.54, 1.807) is 6.92 Å². The normalized spacial score (nSPS) is 15.6. The molecule has 0 unspecified atom stereocenters. The van der Waals surface area contributed by atoms with Gasteiger partial charge in [0.2, 0.25) is 17.5 Å². The number of hydrogen-bond donors (Lipinski definition) is 2. The minimum atomic E-state index is -0.574. The highest BCUT2D eigenvalue weighted by Crippen LogP contribution is 2.18. The van der Waals surface area contributed by atoms with Crippen LogP contribution in [-0.2, 0) is 14.4 Å². The first kappa shape index (κ1) is 12.4. The molecule has 1 aliphatic rings. The molecular weight excluding hydrogens is 208 g/mol. The van der Waals surface area contributed by atoms with Crippen molar-refractivity contribution in [3.05, 3.63) is 11.3 Å². The molecule has 1 rings (SSSR count). The molecule has 88 valence electrons. The van der Waals surface area contributed by atoms with E-state index in [0.717, 1.165) is 6.42 Å². The Kier molecular flexibility index (Phi) is 4.22. The van der Waals surface area contributed by atoms with Gasteiger partial charge in [-0.3, -0.25) is 14.4 Å². The summed E-state index contributed by atoms with van der Waals surface area (Å²) in [5.41, 5.74) is 0.447. The molecule has 0 aliphatic heterocycles. The molecule has 5 heteroatoms. The van der Waals surface area contributed by atoms with E-state index in [9.17, 15) is 14.4 Å². The van der Waals surface area contributed by atoms with Gasteiger partial charge in [0.05, 0.1) is 11.3 Å². The van der Waals surface area contributed by atoms with Crippen LogP contribution in [0.15, 0.2) is 11.3 Å². The molecule has 0 atom stereocenters. The lowest BCUT2D eigenvalue weighted by Gasteiger charge is -2.07. The minimum absolute atomic E-state index is 0.0866. The number of allylic oxidation sites excluding steroid dienone is 1. The number of likely N-dealkylation sites (N-methyl/N-ethyl adjacent to an activating group) is 1. The van der Waals surface area contributed by atoms with Crippen LogP contribution >= 0.6 is 0 Å². The van der Waals surface area contributed by atoms with Crippen molar-refractivity contribution in [2.45, 2.75) is 26.7 Å². The monoisotopic (exact) mass is 224 g/mol. The zero-order chi connectivity index (χ0) is 12.1. The molecule has 0 aromatic carbocycles. The summed E-state index contributed by atoms with van der Waals surface area (Å²) < 4.78 is 0. The first-order valence-corrected chi connectivity index (χ1v) is 5.44. The lowest BCUT2D eigenvalue weighted by Crippen LogP contribution is -2.28. The van der Waals surface area contributed by atoms with Gasteiger partial charge in [-0.15, -0.1) is 0 Å². The van der Waals surface area contributed by atoms with Gasteiger partial charge in [-0.2, -0.15) is 0 Å². The number of nitrogens with one attached hydrogen (secondary N) is 2. The van der Waals surface area contributed by atoms with Crippen LogP contribution in [0, 0.1) is 0 Å². The lowest BCUT2D eigenvalue weighted by atomic mass is 10.2. The average molecular weight is 224 g/mol. The summed E-state index contributed by atoms with van der Waals surface area (Å²) in [7, 11) is 0. The van der Waals surface area contributed by atoms with Crippen LogP contribution < -0.4 is 10.6 Å². The average Bonchev–Trinajstić information content (AvgIpc) is 2.54. The summed E-state index contributed by atoms with van der Waals surface area (Å²) >= 11 is 0. The molecule has 0 saturated carbocycles. The molecule has 1 amide bonds. The van der Waals surface area contributed by atoms with Gasteiger partial charge >= 0.3 is 0 Å². The van der Waals surface area contributed by atoms with Crippen LogP contribution in [0.1, 0.15) is 26.7 Å². The van der Waals surface area contributed by atoms with E-state index < -0.39 is 11.6 Å². The molecule has 0 saturated heterocycles. The van der Waals surface area contributed by atoms with E-state index in [1.807, 2.05) is 6.92 Å². The summed E-state index contributed by atoms with van der Waals surface area (Å²) in [5, 5.41) is 5.44. The van der Waals surface area contributed by atoms with E-state index >= 15 is 0 Å². The third kappa shape index (κ3) is 2.48. The molecule has 2 N–H and O–H groups in total. The second-order valence-electron chi connectivity index (χ2n) is 3.57. The Balaban J connectivity index is 2.89. The summed E-state index contributed by atoms with van der Waals surface area (Å²) in [6.07, 6.45) is 0.740. The van der Waals surface area contributed by atoms with Gasteiger partial charge in [0.15, 0.2) is 0 Å². The van der Waals surface area contributed by atoms with Gasteiger partial charge in [0.1, 0.15) is 0 Å². The molecule has 0 radical (unpaired) electrons. The Morgan fingerprint density at radius 1 is 1.31 bits per heavy atom. The topological polar surface area (TPSA) is 75.3 Å². The first-order valence-electron chi connectivity index (χ1n) is 5.44. The van der Waals surface area contributed by atoms with Crippen molar-refractivity contribution in [2.75, 3.05) is 13.1 Å². The fraction of sp³-hybridized carbons (Fsp3) is 0.545. The minimum Gasteiger partial charge on any atom is -0.381 e.